The van der Waals surface area contributed by atoms with Crippen molar-refractivity contribution >= 4 is 33.7 Å². The van der Waals surface area contributed by atoms with Gasteiger partial charge >= 0.3 is 5.97 Å². The number of benzene rings is 1. The predicted octanol–water partition coefficient (Wildman–Crippen LogP) is -0.131. The molecule has 2 rings (SSSR count). The molecule has 1 heterocycles. The molecule has 13 heteroatoms. The second-order valence-electron chi connectivity index (χ2n) is 6.60. The number of nitrogens with zero attached hydrogens (tertiary/aromatic N) is 1. The fourth-order valence-electron chi connectivity index (χ4n) is 2.49. The third-order valence-electron chi connectivity index (χ3n) is 4.27. The highest BCUT2D eigenvalue weighted by atomic mass is 32.2. The van der Waals surface area contributed by atoms with E-state index in [0.717, 1.165) is 6.20 Å². The minimum Gasteiger partial charge on any atom is -0.468 e. The molecule has 0 fully saturated rings. The van der Waals surface area contributed by atoms with E-state index >= 15 is 0 Å². The molecular formula is C21H24N4O8S. The Bertz CT molecular complexity index is 1130. The first kappa shape index (κ1) is 26.4. The number of sulfonamides is 1. The van der Waals surface area contributed by atoms with Gasteiger partial charge in [0.15, 0.2) is 0 Å². The van der Waals surface area contributed by atoms with Crippen molar-refractivity contribution in [2.24, 2.45) is 0 Å². The molecule has 34 heavy (non-hydrogen) atoms. The third kappa shape index (κ3) is 7.64. The van der Waals surface area contributed by atoms with Gasteiger partial charge in [0.1, 0.15) is 12.2 Å². The van der Waals surface area contributed by atoms with Gasteiger partial charge in [0.25, 0.3) is 27.7 Å². The van der Waals surface area contributed by atoms with Crippen molar-refractivity contribution in [2.75, 3.05) is 33.4 Å². The van der Waals surface area contributed by atoms with E-state index in [0.29, 0.717) is 19.8 Å². The van der Waals surface area contributed by atoms with Crippen LogP contribution in [0.25, 0.3) is 0 Å². The smallest absolute Gasteiger partial charge is 0.325 e. The molecule has 182 valence electrons. The van der Waals surface area contributed by atoms with Crippen LogP contribution in [0.2, 0.25) is 0 Å². The fourth-order valence-corrected chi connectivity index (χ4v) is 3.46. The van der Waals surface area contributed by atoms with Crippen LogP contribution in [-0.2, 0) is 24.3 Å². The van der Waals surface area contributed by atoms with Gasteiger partial charge in [-0.1, -0.05) is 0 Å². The number of carbonyl (C=O) groups excluding carboxylic acids is 4. The van der Waals surface area contributed by atoms with E-state index in [-0.39, 0.29) is 28.3 Å². The van der Waals surface area contributed by atoms with Crippen molar-refractivity contribution in [1.29, 1.82) is 0 Å². The molecule has 1 aromatic heterocycles. The Kier molecular flexibility index (Phi) is 9.64. The number of ether oxygens (including phenoxy) is 2. The van der Waals surface area contributed by atoms with Crippen LogP contribution in [0.4, 0.5) is 0 Å². The van der Waals surface area contributed by atoms with Crippen molar-refractivity contribution < 1.29 is 37.1 Å². The summed E-state index contributed by atoms with van der Waals surface area (Å²) in [7, 11) is -3.06. The van der Waals surface area contributed by atoms with Crippen molar-refractivity contribution in [1.82, 2.24) is 20.3 Å². The lowest BCUT2D eigenvalue weighted by molar-refractivity contribution is -0.139. The lowest BCUT2D eigenvalue weighted by Crippen LogP contribution is -2.32. The molecule has 0 spiro atoms. The predicted molar refractivity (Wildman–Crippen MR) is 119 cm³/mol. The molecule has 0 bridgehead atoms. The molecule has 0 aliphatic rings. The van der Waals surface area contributed by atoms with Gasteiger partial charge in [-0.05, 0) is 43.3 Å². The van der Waals surface area contributed by atoms with E-state index in [1.807, 2.05) is 11.6 Å². The Hall–Kier alpha value is -3.84. The number of carbonyl (C=O) groups is 4. The first-order valence-electron chi connectivity index (χ1n) is 10.0. The van der Waals surface area contributed by atoms with E-state index in [9.17, 15) is 27.6 Å². The number of hydrogen-bond donors (Lipinski definition) is 3. The van der Waals surface area contributed by atoms with Crippen LogP contribution in [0.15, 0.2) is 47.5 Å². The molecule has 3 amide bonds. The zero-order valence-electron chi connectivity index (χ0n) is 18.5. The summed E-state index contributed by atoms with van der Waals surface area (Å²) < 4.78 is 36.5. The molecule has 0 atom stereocenters. The number of aromatic nitrogens is 1. The van der Waals surface area contributed by atoms with Crippen LogP contribution >= 0.6 is 0 Å². The molecule has 12 nitrogen and oxygen atoms in total. The number of hydrogen-bond acceptors (Lipinski definition) is 9. The van der Waals surface area contributed by atoms with Gasteiger partial charge in [0, 0.05) is 24.9 Å². The average Bonchev–Trinajstić information content (AvgIpc) is 2.84. The third-order valence-corrected chi connectivity index (χ3v) is 5.62. The van der Waals surface area contributed by atoms with Gasteiger partial charge in [-0.2, -0.15) is 0 Å². The quantitative estimate of drug-likeness (QED) is 0.286. The molecular weight excluding hydrogens is 468 g/mol. The van der Waals surface area contributed by atoms with Crippen LogP contribution in [0, 0.1) is 0 Å². The maximum atomic E-state index is 12.5. The Morgan fingerprint density at radius 3 is 2.18 bits per heavy atom. The van der Waals surface area contributed by atoms with E-state index < -0.39 is 33.7 Å². The summed E-state index contributed by atoms with van der Waals surface area (Å²) >= 11 is 0. The lowest BCUT2D eigenvalue weighted by atomic mass is 10.2. The summed E-state index contributed by atoms with van der Waals surface area (Å²) in [6.45, 7) is 2.67. The first-order valence-corrected chi connectivity index (χ1v) is 11.5. The molecule has 1 aromatic carbocycles. The van der Waals surface area contributed by atoms with Crippen LogP contribution in [-0.4, -0.2) is 70.5 Å². The van der Waals surface area contributed by atoms with Gasteiger partial charge in [-0.3, -0.25) is 24.2 Å². The molecule has 0 radical (unpaired) electrons. The number of nitrogens with one attached hydrogen (secondary N) is 3. The molecule has 0 unspecified atom stereocenters. The second-order valence-corrected chi connectivity index (χ2v) is 8.29. The Morgan fingerprint density at radius 1 is 0.912 bits per heavy atom. The summed E-state index contributed by atoms with van der Waals surface area (Å²) in [4.78, 5) is 51.0. The standard InChI is InChI=1S/C21H24N4O8S/c1-3-33-11-10-22-19(27)14-4-7-16(8-5-14)34(30,31)25-20(28)15-6-9-17(23-12-15)21(29)24-13-18(26)32-2/h4-9,12H,3,10-11,13H2,1-2H3,(H,22,27)(H,24,29)(H,25,28). The normalized spacial score (nSPS) is 10.8. The van der Waals surface area contributed by atoms with Gasteiger partial charge in [-0.15, -0.1) is 0 Å². The maximum Gasteiger partial charge on any atom is 0.325 e. The van der Waals surface area contributed by atoms with Crippen molar-refractivity contribution in [2.45, 2.75) is 11.8 Å². The number of pyridine rings is 1. The Morgan fingerprint density at radius 2 is 1.59 bits per heavy atom. The second kappa shape index (κ2) is 12.4. The minimum atomic E-state index is -4.23. The first-order chi connectivity index (χ1) is 16.2. The topological polar surface area (TPSA) is 170 Å². The molecule has 0 saturated heterocycles. The molecule has 3 N–H and O–H groups in total. The van der Waals surface area contributed by atoms with Crippen LogP contribution in [0.3, 0.4) is 0 Å². The molecule has 2 aromatic rings. The Labute approximate surface area is 196 Å². The van der Waals surface area contributed by atoms with Crippen LogP contribution in [0.1, 0.15) is 38.1 Å². The molecule has 0 saturated carbocycles. The average molecular weight is 493 g/mol. The zero-order valence-corrected chi connectivity index (χ0v) is 19.3. The highest BCUT2D eigenvalue weighted by molar-refractivity contribution is 7.90. The Balaban J connectivity index is 1.99. The van der Waals surface area contributed by atoms with Gasteiger partial charge in [-0.25, -0.2) is 13.1 Å². The molecule has 0 aliphatic heterocycles. The van der Waals surface area contributed by atoms with Crippen molar-refractivity contribution in [3.8, 4) is 0 Å². The fraction of sp³-hybridized carbons (Fsp3) is 0.286. The number of rotatable bonds is 11. The minimum absolute atomic E-state index is 0.0848. The number of methoxy groups -OCH3 is 1. The van der Waals surface area contributed by atoms with Crippen molar-refractivity contribution in [3.63, 3.8) is 0 Å². The largest absolute Gasteiger partial charge is 0.468 e. The van der Waals surface area contributed by atoms with Gasteiger partial charge in [0.2, 0.25) is 0 Å². The van der Waals surface area contributed by atoms with E-state index in [1.54, 1.807) is 0 Å². The number of amides is 3. The SMILES string of the molecule is CCOCCNC(=O)c1ccc(S(=O)(=O)NC(=O)c2ccc(C(=O)NCC(=O)OC)nc2)cc1. The summed E-state index contributed by atoms with van der Waals surface area (Å²) in [5, 5.41) is 4.91. The van der Waals surface area contributed by atoms with Gasteiger partial charge < -0.3 is 20.1 Å². The molecule has 0 aliphatic carbocycles. The van der Waals surface area contributed by atoms with Crippen LogP contribution in [0.5, 0.6) is 0 Å². The van der Waals surface area contributed by atoms with E-state index in [1.165, 1.54) is 43.5 Å². The highest BCUT2D eigenvalue weighted by Gasteiger charge is 2.20. The van der Waals surface area contributed by atoms with Crippen LogP contribution < -0.4 is 15.4 Å². The summed E-state index contributed by atoms with van der Waals surface area (Å²) in [5.74, 6) is -2.68. The lowest BCUT2D eigenvalue weighted by Gasteiger charge is -2.09. The van der Waals surface area contributed by atoms with E-state index in [2.05, 4.69) is 20.4 Å². The van der Waals surface area contributed by atoms with Gasteiger partial charge in [0.05, 0.1) is 24.2 Å². The highest BCUT2D eigenvalue weighted by Crippen LogP contribution is 2.12. The summed E-state index contributed by atoms with van der Waals surface area (Å²) in [6, 6.07) is 7.44. The van der Waals surface area contributed by atoms with E-state index in [4.69, 9.17) is 4.74 Å². The zero-order chi connectivity index (χ0) is 25.1. The monoisotopic (exact) mass is 492 g/mol. The van der Waals surface area contributed by atoms with Crippen molar-refractivity contribution in [3.05, 3.63) is 59.4 Å². The number of esters is 1. The summed E-state index contributed by atoms with van der Waals surface area (Å²) in [6.07, 6.45) is 1.02. The maximum absolute atomic E-state index is 12.5. The summed E-state index contributed by atoms with van der Waals surface area (Å²) in [5.41, 5.74) is 0.0452.